The number of rotatable bonds is 3. The molecule has 2 aromatic rings. The molecule has 102 valence electrons. The zero-order valence-electron chi connectivity index (χ0n) is 10.2. The average molecular weight is 354 g/mol. The summed E-state index contributed by atoms with van der Waals surface area (Å²) in [5, 5.41) is 2.98. The van der Waals surface area contributed by atoms with E-state index >= 15 is 0 Å². The summed E-state index contributed by atoms with van der Waals surface area (Å²) < 4.78 is 0.794. The first-order valence-electron chi connectivity index (χ1n) is 5.63. The second-order valence-corrected chi connectivity index (χ2v) is 5.35. The molecule has 0 bridgehead atoms. The van der Waals surface area contributed by atoms with Gasteiger partial charge in [-0.3, -0.25) is 9.59 Å². The summed E-state index contributed by atoms with van der Waals surface area (Å²) in [6.07, 6.45) is 0. The van der Waals surface area contributed by atoms with Gasteiger partial charge in [0.1, 0.15) is 0 Å². The standard InChI is InChI=1S/C14H10BrClN2O2/c15-10-3-1-2-9(6-10)14(20)18-12-7-8(13(17)19)4-5-11(12)16/h1-7H,(H2,17,19)(H,18,20). The van der Waals surface area contributed by atoms with Crippen LogP contribution in [0.15, 0.2) is 46.9 Å². The van der Waals surface area contributed by atoms with E-state index in [1.54, 1.807) is 18.2 Å². The van der Waals surface area contributed by atoms with Crippen LogP contribution in [0.25, 0.3) is 0 Å². The third-order valence-corrected chi connectivity index (χ3v) is 3.41. The van der Waals surface area contributed by atoms with Crippen molar-refractivity contribution in [3.8, 4) is 0 Å². The lowest BCUT2D eigenvalue weighted by atomic mass is 10.1. The summed E-state index contributed by atoms with van der Waals surface area (Å²) in [5.41, 5.74) is 6.28. The maximum absolute atomic E-state index is 12.1. The zero-order chi connectivity index (χ0) is 14.7. The van der Waals surface area contributed by atoms with E-state index in [0.29, 0.717) is 16.3 Å². The normalized spacial score (nSPS) is 10.1. The molecule has 20 heavy (non-hydrogen) atoms. The number of nitrogens with two attached hydrogens (primary N) is 1. The van der Waals surface area contributed by atoms with Crippen molar-refractivity contribution < 1.29 is 9.59 Å². The minimum atomic E-state index is -0.584. The van der Waals surface area contributed by atoms with Crippen molar-refractivity contribution in [3.05, 3.63) is 63.1 Å². The molecule has 0 radical (unpaired) electrons. The van der Waals surface area contributed by atoms with Gasteiger partial charge in [0.25, 0.3) is 5.91 Å². The predicted octanol–water partition coefficient (Wildman–Crippen LogP) is 3.45. The number of halogens is 2. The fraction of sp³-hybridized carbons (Fsp3) is 0. The summed E-state index contributed by atoms with van der Waals surface area (Å²) >= 11 is 9.28. The van der Waals surface area contributed by atoms with Crippen molar-refractivity contribution in [1.29, 1.82) is 0 Å². The smallest absolute Gasteiger partial charge is 0.255 e. The highest BCUT2D eigenvalue weighted by atomic mass is 79.9. The zero-order valence-corrected chi connectivity index (χ0v) is 12.5. The number of nitrogens with one attached hydrogen (secondary N) is 1. The number of benzene rings is 2. The maximum Gasteiger partial charge on any atom is 0.255 e. The molecule has 0 aliphatic carbocycles. The lowest BCUT2D eigenvalue weighted by molar-refractivity contribution is 0.0996. The highest BCUT2D eigenvalue weighted by Gasteiger charge is 2.11. The Balaban J connectivity index is 2.27. The molecule has 3 N–H and O–H groups in total. The van der Waals surface area contributed by atoms with Crippen molar-refractivity contribution in [3.63, 3.8) is 0 Å². The molecule has 0 aromatic heterocycles. The van der Waals surface area contributed by atoms with E-state index in [1.807, 2.05) is 6.07 Å². The molecule has 2 amide bonds. The van der Waals surface area contributed by atoms with Crippen LogP contribution >= 0.6 is 27.5 Å². The van der Waals surface area contributed by atoms with Crippen LogP contribution in [-0.2, 0) is 0 Å². The molecule has 0 saturated carbocycles. The lowest BCUT2D eigenvalue weighted by Gasteiger charge is -2.08. The number of hydrogen-bond donors (Lipinski definition) is 2. The summed E-state index contributed by atoms with van der Waals surface area (Å²) in [6, 6.07) is 11.4. The molecule has 0 atom stereocenters. The van der Waals surface area contributed by atoms with Gasteiger partial charge in [-0.1, -0.05) is 33.6 Å². The molecule has 0 aliphatic rings. The number of carbonyl (C=O) groups is 2. The molecule has 6 heteroatoms. The Labute approximate surface area is 129 Å². The summed E-state index contributed by atoms with van der Waals surface area (Å²) in [6.45, 7) is 0. The fourth-order valence-corrected chi connectivity index (χ4v) is 2.16. The predicted molar refractivity (Wildman–Crippen MR) is 82.1 cm³/mol. The van der Waals surface area contributed by atoms with Gasteiger partial charge >= 0.3 is 0 Å². The Hall–Kier alpha value is -1.85. The van der Waals surface area contributed by atoms with Gasteiger partial charge in [0, 0.05) is 15.6 Å². The summed E-state index contributed by atoms with van der Waals surface area (Å²) in [5.74, 6) is -0.908. The minimum Gasteiger partial charge on any atom is -0.366 e. The summed E-state index contributed by atoms with van der Waals surface area (Å²) in [7, 11) is 0. The molecule has 0 fully saturated rings. The summed E-state index contributed by atoms with van der Waals surface area (Å²) in [4.78, 5) is 23.2. The van der Waals surface area contributed by atoms with Crippen molar-refractivity contribution in [2.24, 2.45) is 5.73 Å². The largest absolute Gasteiger partial charge is 0.366 e. The van der Waals surface area contributed by atoms with Crippen LogP contribution in [0.1, 0.15) is 20.7 Å². The van der Waals surface area contributed by atoms with E-state index in [-0.39, 0.29) is 11.5 Å². The number of anilines is 1. The van der Waals surface area contributed by atoms with Crippen LogP contribution in [-0.4, -0.2) is 11.8 Å². The first-order chi connectivity index (χ1) is 9.47. The van der Waals surface area contributed by atoms with Crippen LogP contribution in [0.2, 0.25) is 5.02 Å². The first kappa shape index (κ1) is 14.6. The van der Waals surface area contributed by atoms with E-state index in [0.717, 1.165) is 4.47 Å². The average Bonchev–Trinajstić information content (AvgIpc) is 2.41. The molecule has 0 unspecified atom stereocenters. The van der Waals surface area contributed by atoms with Gasteiger partial charge in [-0.05, 0) is 36.4 Å². The lowest BCUT2D eigenvalue weighted by Crippen LogP contribution is -2.14. The molecule has 0 saturated heterocycles. The van der Waals surface area contributed by atoms with Gasteiger partial charge in [-0.2, -0.15) is 0 Å². The quantitative estimate of drug-likeness (QED) is 0.887. The Morgan fingerprint density at radius 3 is 2.50 bits per heavy atom. The highest BCUT2D eigenvalue weighted by Crippen LogP contribution is 2.24. The van der Waals surface area contributed by atoms with E-state index in [2.05, 4.69) is 21.2 Å². The van der Waals surface area contributed by atoms with Gasteiger partial charge in [0.15, 0.2) is 0 Å². The molecule has 0 spiro atoms. The van der Waals surface area contributed by atoms with Crippen LogP contribution < -0.4 is 11.1 Å². The SMILES string of the molecule is NC(=O)c1ccc(Cl)c(NC(=O)c2cccc(Br)c2)c1. The van der Waals surface area contributed by atoms with Crippen LogP contribution in [0, 0.1) is 0 Å². The van der Waals surface area contributed by atoms with Crippen molar-refractivity contribution in [1.82, 2.24) is 0 Å². The van der Waals surface area contributed by atoms with Gasteiger partial charge in [-0.15, -0.1) is 0 Å². The van der Waals surface area contributed by atoms with E-state index < -0.39 is 5.91 Å². The second-order valence-electron chi connectivity index (χ2n) is 4.02. The van der Waals surface area contributed by atoms with Crippen LogP contribution in [0.4, 0.5) is 5.69 Å². The molecule has 4 nitrogen and oxygen atoms in total. The second kappa shape index (κ2) is 6.07. The van der Waals surface area contributed by atoms with Gasteiger partial charge in [0.05, 0.1) is 10.7 Å². The van der Waals surface area contributed by atoms with Crippen molar-refractivity contribution in [2.45, 2.75) is 0 Å². The van der Waals surface area contributed by atoms with Crippen LogP contribution in [0.3, 0.4) is 0 Å². The van der Waals surface area contributed by atoms with Gasteiger partial charge < -0.3 is 11.1 Å². The first-order valence-corrected chi connectivity index (χ1v) is 6.81. The molecule has 0 heterocycles. The highest BCUT2D eigenvalue weighted by molar-refractivity contribution is 9.10. The Bertz CT molecular complexity index is 689. The van der Waals surface area contributed by atoms with Gasteiger partial charge in [-0.25, -0.2) is 0 Å². The monoisotopic (exact) mass is 352 g/mol. The Kier molecular flexibility index (Phi) is 4.42. The third-order valence-electron chi connectivity index (χ3n) is 2.59. The number of primary amides is 1. The van der Waals surface area contributed by atoms with Crippen LogP contribution in [0.5, 0.6) is 0 Å². The fourth-order valence-electron chi connectivity index (χ4n) is 1.60. The van der Waals surface area contributed by atoms with E-state index in [4.69, 9.17) is 17.3 Å². The number of carbonyl (C=O) groups excluding carboxylic acids is 2. The van der Waals surface area contributed by atoms with E-state index in [1.165, 1.54) is 18.2 Å². The minimum absolute atomic E-state index is 0.277. The van der Waals surface area contributed by atoms with Crippen molar-refractivity contribution in [2.75, 3.05) is 5.32 Å². The third kappa shape index (κ3) is 3.37. The van der Waals surface area contributed by atoms with E-state index in [9.17, 15) is 9.59 Å². The topological polar surface area (TPSA) is 72.2 Å². The maximum atomic E-state index is 12.1. The Morgan fingerprint density at radius 2 is 1.85 bits per heavy atom. The molecule has 0 aliphatic heterocycles. The van der Waals surface area contributed by atoms with Gasteiger partial charge in [0.2, 0.25) is 5.91 Å². The van der Waals surface area contributed by atoms with Crippen molar-refractivity contribution >= 4 is 45.0 Å². The Morgan fingerprint density at radius 1 is 1.10 bits per heavy atom. The number of hydrogen-bond acceptors (Lipinski definition) is 2. The molecular formula is C14H10BrClN2O2. The molecule has 2 aromatic carbocycles. The molecular weight excluding hydrogens is 344 g/mol. The number of amides is 2. The molecule has 2 rings (SSSR count).